The van der Waals surface area contributed by atoms with Crippen molar-refractivity contribution in [1.29, 1.82) is 0 Å². The van der Waals surface area contributed by atoms with E-state index in [0.717, 1.165) is 5.65 Å². The van der Waals surface area contributed by atoms with Crippen LogP contribution in [-0.4, -0.2) is 14.6 Å². The molecule has 2 rings (SSSR count). The van der Waals surface area contributed by atoms with Crippen LogP contribution >= 0.6 is 0 Å². The van der Waals surface area contributed by atoms with Gasteiger partial charge in [-0.15, -0.1) is 0 Å². The van der Waals surface area contributed by atoms with Crippen molar-refractivity contribution in [1.82, 2.24) is 14.6 Å². The van der Waals surface area contributed by atoms with Crippen LogP contribution in [-0.2, 0) is 0 Å². The molecule has 0 bridgehead atoms. The minimum Gasteiger partial charge on any atom is -0.291 e. The number of H-pyrrole nitrogens is 1. The molecule has 0 aliphatic rings. The van der Waals surface area contributed by atoms with Crippen LogP contribution in [0.5, 0.6) is 0 Å². The predicted molar refractivity (Wildman–Crippen MR) is 28.4 cm³/mol. The van der Waals surface area contributed by atoms with Crippen LogP contribution in [0, 0.1) is 6.20 Å². The molecule has 1 N–H and O–H groups in total. The van der Waals surface area contributed by atoms with Crippen molar-refractivity contribution >= 4 is 5.65 Å². The second-order valence-corrected chi connectivity index (χ2v) is 1.56. The van der Waals surface area contributed by atoms with E-state index in [1.807, 2.05) is 6.20 Å². The zero-order chi connectivity index (χ0) is 5.40. The summed E-state index contributed by atoms with van der Waals surface area (Å²) in [6.45, 7) is 0. The molecule has 39 valence electrons. The standard InChI is InChI=1S/C5H4N3/c1-2-7-8-4-3-6-5(1)8/h1,3-4,7H. The first-order valence-electron chi connectivity index (χ1n) is 2.35. The number of nitrogens with zero attached hydrogens (tertiary/aromatic N) is 2. The molecule has 1 radical (unpaired) electrons. The average molecular weight is 106 g/mol. The van der Waals surface area contributed by atoms with Crippen LogP contribution in [0.3, 0.4) is 0 Å². The summed E-state index contributed by atoms with van der Waals surface area (Å²) in [4.78, 5) is 3.98. The SMILES string of the molecule is [c]1cc2nccn2[nH]1. The molecule has 0 aliphatic heterocycles. The fraction of sp³-hybridized carbons (Fsp3) is 0. The van der Waals surface area contributed by atoms with E-state index < -0.39 is 0 Å². The van der Waals surface area contributed by atoms with Gasteiger partial charge < -0.3 is 0 Å². The highest BCUT2D eigenvalue weighted by Gasteiger charge is 1.87. The summed E-state index contributed by atoms with van der Waals surface area (Å²) in [7, 11) is 0. The van der Waals surface area contributed by atoms with Gasteiger partial charge in [-0.3, -0.25) is 5.10 Å². The van der Waals surface area contributed by atoms with E-state index in [0.29, 0.717) is 0 Å². The average Bonchev–Trinajstić information content (AvgIpc) is 2.15. The maximum Gasteiger partial charge on any atom is 0.153 e. The van der Waals surface area contributed by atoms with Gasteiger partial charge in [0, 0.05) is 18.5 Å². The molecule has 3 heteroatoms. The molecule has 2 heterocycles. The molecule has 0 fully saturated rings. The quantitative estimate of drug-likeness (QED) is 0.520. The summed E-state index contributed by atoms with van der Waals surface area (Å²) in [5.41, 5.74) is 0.907. The van der Waals surface area contributed by atoms with E-state index in [9.17, 15) is 0 Å². The zero-order valence-electron chi connectivity index (χ0n) is 4.13. The third kappa shape index (κ3) is 0.307. The Hall–Kier alpha value is -1.25. The van der Waals surface area contributed by atoms with Crippen molar-refractivity contribution in [3.05, 3.63) is 24.7 Å². The van der Waals surface area contributed by atoms with Gasteiger partial charge >= 0.3 is 0 Å². The Morgan fingerprint density at radius 2 is 2.75 bits per heavy atom. The van der Waals surface area contributed by atoms with Crippen molar-refractivity contribution in [3.63, 3.8) is 0 Å². The third-order valence-electron chi connectivity index (χ3n) is 1.06. The van der Waals surface area contributed by atoms with Gasteiger partial charge in [0.15, 0.2) is 5.65 Å². The van der Waals surface area contributed by atoms with Crippen molar-refractivity contribution in [2.24, 2.45) is 0 Å². The van der Waals surface area contributed by atoms with Crippen LogP contribution in [0.4, 0.5) is 0 Å². The van der Waals surface area contributed by atoms with Crippen molar-refractivity contribution in [3.8, 4) is 0 Å². The van der Waals surface area contributed by atoms with E-state index in [2.05, 4.69) is 16.3 Å². The molecule has 0 amide bonds. The Morgan fingerprint density at radius 3 is 3.62 bits per heavy atom. The number of hydrogen-bond acceptors (Lipinski definition) is 1. The Bertz CT molecular complexity index is 229. The fourth-order valence-corrected chi connectivity index (χ4v) is 0.683. The second-order valence-electron chi connectivity index (χ2n) is 1.56. The summed E-state index contributed by atoms with van der Waals surface area (Å²) in [6.07, 6.45) is 6.37. The summed E-state index contributed by atoms with van der Waals surface area (Å²) >= 11 is 0. The number of rotatable bonds is 0. The molecule has 0 aliphatic carbocycles. The monoisotopic (exact) mass is 106 g/mol. The van der Waals surface area contributed by atoms with Crippen LogP contribution in [0.25, 0.3) is 5.65 Å². The van der Waals surface area contributed by atoms with Gasteiger partial charge in [-0.25, -0.2) is 9.50 Å². The van der Waals surface area contributed by atoms with Crippen LogP contribution in [0.2, 0.25) is 0 Å². The predicted octanol–water partition coefficient (Wildman–Crippen LogP) is 0.463. The molecule has 2 aromatic rings. The lowest BCUT2D eigenvalue weighted by Gasteiger charge is -1.74. The molecule has 2 aromatic heterocycles. The summed E-state index contributed by atoms with van der Waals surface area (Å²) in [5.74, 6) is 0. The van der Waals surface area contributed by atoms with Crippen molar-refractivity contribution in [2.45, 2.75) is 0 Å². The molecule has 8 heavy (non-hydrogen) atoms. The first-order valence-corrected chi connectivity index (χ1v) is 2.35. The smallest absolute Gasteiger partial charge is 0.153 e. The number of imidazole rings is 1. The third-order valence-corrected chi connectivity index (χ3v) is 1.06. The van der Waals surface area contributed by atoms with Crippen molar-refractivity contribution in [2.75, 3.05) is 0 Å². The molecule has 3 nitrogen and oxygen atoms in total. The first-order chi connectivity index (χ1) is 3.97. The lowest BCUT2D eigenvalue weighted by atomic mass is 10.7. The molecule has 0 saturated heterocycles. The highest BCUT2D eigenvalue weighted by Crippen LogP contribution is 1.93. The largest absolute Gasteiger partial charge is 0.291 e. The Kier molecular flexibility index (Phi) is 0.521. The highest BCUT2D eigenvalue weighted by atomic mass is 15.2. The van der Waals surface area contributed by atoms with Crippen LogP contribution in [0.1, 0.15) is 0 Å². The highest BCUT2D eigenvalue weighted by molar-refractivity contribution is 5.34. The van der Waals surface area contributed by atoms with E-state index in [1.165, 1.54) is 0 Å². The summed E-state index contributed by atoms with van der Waals surface area (Å²) in [5, 5.41) is 2.83. The van der Waals surface area contributed by atoms with E-state index in [4.69, 9.17) is 0 Å². The Labute approximate surface area is 45.9 Å². The number of aromatic nitrogens is 3. The van der Waals surface area contributed by atoms with Crippen LogP contribution < -0.4 is 0 Å². The van der Waals surface area contributed by atoms with E-state index >= 15 is 0 Å². The summed E-state index contributed by atoms with van der Waals surface area (Å²) < 4.78 is 1.79. The Balaban J connectivity index is 3.06. The maximum atomic E-state index is 3.98. The first kappa shape index (κ1) is 3.72. The maximum absolute atomic E-state index is 3.98. The number of fused-ring (bicyclic) bond motifs is 1. The lowest BCUT2D eigenvalue weighted by molar-refractivity contribution is 0.969. The number of nitrogens with one attached hydrogen (secondary N) is 1. The molecule has 0 spiro atoms. The number of aromatic amines is 1. The van der Waals surface area contributed by atoms with Gasteiger partial charge in [-0.05, 0) is 0 Å². The summed E-state index contributed by atoms with van der Waals surface area (Å²) in [6, 6.07) is 1.79. The molecule has 0 unspecified atom stereocenters. The van der Waals surface area contributed by atoms with Gasteiger partial charge in [-0.1, -0.05) is 0 Å². The van der Waals surface area contributed by atoms with Gasteiger partial charge in [0.2, 0.25) is 0 Å². The minimum absolute atomic E-state index is 0.907. The molecular formula is C5H4N3. The number of hydrogen-bond donors (Lipinski definition) is 1. The van der Waals surface area contributed by atoms with Crippen molar-refractivity contribution < 1.29 is 0 Å². The van der Waals surface area contributed by atoms with Gasteiger partial charge in [0.05, 0.1) is 6.20 Å². The van der Waals surface area contributed by atoms with Gasteiger partial charge in [0.1, 0.15) is 0 Å². The Morgan fingerprint density at radius 1 is 1.75 bits per heavy atom. The van der Waals surface area contributed by atoms with E-state index in [1.54, 1.807) is 16.8 Å². The van der Waals surface area contributed by atoms with E-state index in [-0.39, 0.29) is 0 Å². The normalized spacial score (nSPS) is 10.5. The molecule has 0 saturated carbocycles. The zero-order valence-corrected chi connectivity index (χ0v) is 4.13. The lowest BCUT2D eigenvalue weighted by Crippen LogP contribution is -1.75. The second kappa shape index (κ2) is 1.12. The fourth-order valence-electron chi connectivity index (χ4n) is 0.683. The molecule has 0 atom stereocenters. The topological polar surface area (TPSA) is 33.1 Å². The minimum atomic E-state index is 0.907. The molecular weight excluding hydrogens is 102 g/mol. The van der Waals surface area contributed by atoms with Crippen LogP contribution in [0.15, 0.2) is 18.5 Å². The molecule has 0 aromatic carbocycles. The van der Waals surface area contributed by atoms with Gasteiger partial charge in [0.25, 0.3) is 0 Å². The van der Waals surface area contributed by atoms with Gasteiger partial charge in [-0.2, -0.15) is 0 Å².